The smallest absolute Gasteiger partial charge is 0.225 e. The van der Waals surface area contributed by atoms with E-state index >= 15 is 0 Å². The van der Waals surface area contributed by atoms with Crippen LogP contribution in [0.1, 0.15) is 0 Å². The molecule has 1 saturated heterocycles. The van der Waals surface area contributed by atoms with E-state index in [1.807, 2.05) is 0 Å². The van der Waals surface area contributed by atoms with Crippen molar-refractivity contribution in [2.75, 3.05) is 43.6 Å². The maximum atomic E-state index is 6.02. The maximum absolute atomic E-state index is 6.02. The second-order valence-electron chi connectivity index (χ2n) is 4.00. The first-order chi connectivity index (χ1) is 9.29. The number of ether oxygens (including phenoxy) is 1. The summed E-state index contributed by atoms with van der Waals surface area (Å²) in [4.78, 5) is 10.8. The van der Waals surface area contributed by atoms with E-state index in [1.54, 1.807) is 7.05 Å². The molecule has 2 aromatic rings. The van der Waals surface area contributed by atoms with Crippen LogP contribution in [0.25, 0.3) is 11.0 Å². The lowest BCUT2D eigenvalue weighted by Gasteiger charge is -2.28. The molecule has 100 valence electrons. The molecule has 0 unspecified atom stereocenters. The molecule has 0 bridgehead atoms. The summed E-state index contributed by atoms with van der Waals surface area (Å²) < 4.78 is 5.34. The van der Waals surface area contributed by atoms with Crippen molar-refractivity contribution < 1.29 is 4.74 Å². The van der Waals surface area contributed by atoms with Crippen LogP contribution in [0.5, 0.6) is 0 Å². The second-order valence-corrected chi connectivity index (χ2v) is 4.36. The van der Waals surface area contributed by atoms with Crippen LogP contribution in [-0.4, -0.2) is 58.7 Å². The Morgan fingerprint density at radius 1 is 1.16 bits per heavy atom. The molecule has 0 radical (unpaired) electrons. The molecule has 0 saturated carbocycles. The summed E-state index contributed by atoms with van der Waals surface area (Å²) in [6.07, 6.45) is 0. The normalized spacial score (nSPS) is 15.8. The molecule has 0 atom stereocenters. The molecule has 0 aromatic carbocycles. The Morgan fingerprint density at radius 3 is 2.68 bits per heavy atom. The van der Waals surface area contributed by atoms with E-state index in [4.69, 9.17) is 16.3 Å². The monoisotopic (exact) mass is 281 g/mol. The van der Waals surface area contributed by atoms with E-state index in [1.165, 1.54) is 0 Å². The standard InChI is InChI=1S/C10H12ClN7O/c1-12-10-13-6-7(15-17-16-8(6)11)9(14-10)18-2-4-19-5-3-18/h2-5H2,1H3,(H,12,13,14). The summed E-state index contributed by atoms with van der Waals surface area (Å²) >= 11 is 6.02. The predicted octanol–water partition coefficient (Wildman–Crippen LogP) is 0.346. The van der Waals surface area contributed by atoms with Crippen LogP contribution in [-0.2, 0) is 4.74 Å². The zero-order valence-corrected chi connectivity index (χ0v) is 11.1. The molecule has 0 aliphatic carbocycles. The van der Waals surface area contributed by atoms with Crippen molar-refractivity contribution in [1.29, 1.82) is 0 Å². The molecule has 19 heavy (non-hydrogen) atoms. The lowest BCUT2D eigenvalue weighted by Crippen LogP contribution is -2.37. The number of nitrogens with zero attached hydrogens (tertiary/aromatic N) is 6. The fourth-order valence-corrected chi connectivity index (χ4v) is 2.11. The fraction of sp³-hybridized carbons (Fsp3) is 0.500. The highest BCUT2D eigenvalue weighted by atomic mass is 35.5. The van der Waals surface area contributed by atoms with Crippen LogP contribution in [0.3, 0.4) is 0 Å². The quantitative estimate of drug-likeness (QED) is 0.843. The summed E-state index contributed by atoms with van der Waals surface area (Å²) in [7, 11) is 1.75. The van der Waals surface area contributed by atoms with Gasteiger partial charge in [-0.1, -0.05) is 11.6 Å². The summed E-state index contributed by atoms with van der Waals surface area (Å²) in [5.74, 6) is 1.18. The first-order valence-electron chi connectivity index (χ1n) is 5.86. The van der Waals surface area contributed by atoms with E-state index in [9.17, 15) is 0 Å². The van der Waals surface area contributed by atoms with Crippen molar-refractivity contribution in [3.05, 3.63) is 5.15 Å². The number of hydrogen-bond acceptors (Lipinski definition) is 8. The van der Waals surface area contributed by atoms with Crippen LogP contribution >= 0.6 is 11.6 Å². The number of anilines is 2. The van der Waals surface area contributed by atoms with Gasteiger partial charge >= 0.3 is 0 Å². The Balaban J connectivity index is 2.18. The van der Waals surface area contributed by atoms with Crippen molar-refractivity contribution in [3.63, 3.8) is 0 Å². The second kappa shape index (κ2) is 5.06. The number of nitrogens with one attached hydrogen (secondary N) is 1. The van der Waals surface area contributed by atoms with E-state index in [2.05, 4.69) is 35.6 Å². The van der Waals surface area contributed by atoms with Gasteiger partial charge in [0.15, 0.2) is 16.5 Å². The van der Waals surface area contributed by atoms with Crippen LogP contribution in [0.15, 0.2) is 0 Å². The van der Waals surface area contributed by atoms with Gasteiger partial charge in [-0.05, 0) is 5.21 Å². The third-order valence-electron chi connectivity index (χ3n) is 2.87. The Bertz CT molecular complexity index is 602. The number of aromatic nitrogens is 5. The molecule has 0 spiro atoms. The molecule has 2 aromatic heterocycles. The minimum absolute atomic E-state index is 0.221. The number of hydrogen-bond donors (Lipinski definition) is 1. The number of halogens is 1. The molecule has 9 heteroatoms. The van der Waals surface area contributed by atoms with Crippen LogP contribution < -0.4 is 10.2 Å². The maximum Gasteiger partial charge on any atom is 0.225 e. The molecular formula is C10H12ClN7O. The summed E-state index contributed by atoms with van der Waals surface area (Å²) in [5.41, 5.74) is 1.05. The van der Waals surface area contributed by atoms with Crippen LogP contribution in [0, 0.1) is 0 Å². The Morgan fingerprint density at radius 2 is 1.95 bits per heavy atom. The molecule has 1 aliphatic rings. The van der Waals surface area contributed by atoms with Crippen LogP contribution in [0.2, 0.25) is 5.15 Å². The van der Waals surface area contributed by atoms with Gasteiger partial charge in [-0.2, -0.15) is 4.98 Å². The molecule has 3 heterocycles. The molecule has 0 amide bonds. The van der Waals surface area contributed by atoms with Crippen molar-refractivity contribution in [3.8, 4) is 0 Å². The zero-order valence-electron chi connectivity index (χ0n) is 10.3. The van der Waals surface area contributed by atoms with E-state index in [0.29, 0.717) is 36.0 Å². The minimum Gasteiger partial charge on any atom is -0.378 e. The SMILES string of the molecule is CNc1nc(N2CCOCC2)c2nnnc(Cl)c2n1. The van der Waals surface area contributed by atoms with Crippen molar-refractivity contribution in [2.24, 2.45) is 0 Å². The highest BCUT2D eigenvalue weighted by molar-refractivity contribution is 6.33. The van der Waals surface area contributed by atoms with E-state index in [0.717, 1.165) is 13.1 Å². The first kappa shape index (κ1) is 12.2. The van der Waals surface area contributed by atoms with Crippen molar-refractivity contribution >= 4 is 34.4 Å². The lowest BCUT2D eigenvalue weighted by atomic mass is 10.3. The van der Waals surface area contributed by atoms with Crippen molar-refractivity contribution in [2.45, 2.75) is 0 Å². The average Bonchev–Trinajstić information content (AvgIpc) is 2.48. The minimum atomic E-state index is 0.221. The van der Waals surface area contributed by atoms with Gasteiger partial charge in [0.25, 0.3) is 0 Å². The third-order valence-corrected chi connectivity index (χ3v) is 3.13. The largest absolute Gasteiger partial charge is 0.378 e. The summed E-state index contributed by atoms with van der Waals surface area (Å²) in [5, 5.41) is 14.5. The predicted molar refractivity (Wildman–Crippen MR) is 70.5 cm³/mol. The molecule has 8 nitrogen and oxygen atoms in total. The molecule has 1 N–H and O–H groups in total. The Hall–Kier alpha value is -1.80. The Kier molecular flexibility index (Phi) is 3.26. The number of morpholine rings is 1. The van der Waals surface area contributed by atoms with Gasteiger partial charge in [0.05, 0.1) is 13.2 Å². The Labute approximate surface area is 114 Å². The van der Waals surface area contributed by atoms with Gasteiger partial charge in [-0.3, -0.25) is 0 Å². The summed E-state index contributed by atoms with van der Waals surface area (Å²) in [6.45, 7) is 2.81. The van der Waals surface area contributed by atoms with Gasteiger partial charge in [-0.15, -0.1) is 10.2 Å². The topological polar surface area (TPSA) is 89.0 Å². The van der Waals surface area contributed by atoms with E-state index in [-0.39, 0.29) is 5.15 Å². The van der Waals surface area contributed by atoms with Gasteiger partial charge in [-0.25, -0.2) is 4.98 Å². The van der Waals surface area contributed by atoms with Crippen molar-refractivity contribution in [1.82, 2.24) is 25.4 Å². The number of fused-ring (bicyclic) bond motifs is 1. The van der Waals surface area contributed by atoms with Gasteiger partial charge < -0.3 is 15.0 Å². The average molecular weight is 282 g/mol. The number of rotatable bonds is 2. The third kappa shape index (κ3) is 2.24. The molecular weight excluding hydrogens is 270 g/mol. The summed E-state index contributed by atoms with van der Waals surface area (Å²) in [6, 6.07) is 0. The van der Waals surface area contributed by atoms with Gasteiger partial charge in [0.1, 0.15) is 5.52 Å². The lowest BCUT2D eigenvalue weighted by molar-refractivity contribution is 0.122. The highest BCUT2D eigenvalue weighted by Gasteiger charge is 2.20. The molecule has 3 rings (SSSR count). The highest BCUT2D eigenvalue weighted by Crippen LogP contribution is 2.26. The first-order valence-corrected chi connectivity index (χ1v) is 6.24. The van der Waals surface area contributed by atoms with E-state index < -0.39 is 0 Å². The zero-order chi connectivity index (χ0) is 13.2. The van der Waals surface area contributed by atoms with Crippen LogP contribution in [0.4, 0.5) is 11.8 Å². The van der Waals surface area contributed by atoms with Gasteiger partial charge in [0.2, 0.25) is 5.95 Å². The molecule has 1 aliphatic heterocycles. The fourth-order valence-electron chi connectivity index (χ4n) is 1.94. The van der Waals surface area contributed by atoms with Gasteiger partial charge in [0, 0.05) is 20.1 Å². The molecule has 1 fully saturated rings.